The van der Waals surface area contributed by atoms with Crippen molar-refractivity contribution in [2.24, 2.45) is 22.7 Å². The Hall–Kier alpha value is -4.44. The van der Waals surface area contributed by atoms with Gasteiger partial charge in [0, 0.05) is 46.2 Å². The molecule has 4 rings (SSSR count). The number of carbonyl (C=O) groups excluding carboxylic acids is 4. The fraction of sp³-hybridized carbons (Fsp3) is 0.440. The van der Waals surface area contributed by atoms with Crippen LogP contribution in [0.1, 0.15) is 171 Å². The van der Waals surface area contributed by atoms with Gasteiger partial charge in [0.25, 0.3) is 0 Å². The second-order valence-electron chi connectivity index (χ2n) is 17.7. The van der Waals surface area contributed by atoms with Crippen molar-refractivity contribution in [3.8, 4) is 0 Å². The van der Waals surface area contributed by atoms with Crippen molar-refractivity contribution >= 4 is 23.1 Å². The molecule has 0 N–H and O–H groups in total. The van der Waals surface area contributed by atoms with Crippen LogP contribution in [0.15, 0.2) is 109 Å². The molecule has 0 aliphatic carbocycles. The molecule has 4 nitrogen and oxygen atoms in total. The summed E-state index contributed by atoms with van der Waals surface area (Å²) in [5, 5.41) is 0. The topological polar surface area (TPSA) is 68.3 Å². The van der Waals surface area contributed by atoms with Gasteiger partial charge < -0.3 is 0 Å². The average molecular weight is 727 g/mol. The first-order valence-electron chi connectivity index (χ1n) is 20.1. The third-order valence-electron chi connectivity index (χ3n) is 10.6. The van der Waals surface area contributed by atoms with Crippen LogP contribution < -0.4 is 0 Å². The molecule has 0 aliphatic rings. The highest BCUT2D eigenvalue weighted by molar-refractivity contribution is 6.10. The molecule has 0 spiro atoms. The van der Waals surface area contributed by atoms with Crippen molar-refractivity contribution in [3.63, 3.8) is 0 Å². The zero-order chi connectivity index (χ0) is 39.1. The molecule has 286 valence electrons. The summed E-state index contributed by atoms with van der Waals surface area (Å²) in [5.74, 6) is 1.03. The monoisotopic (exact) mass is 726 g/mol. The molecule has 4 aromatic rings. The van der Waals surface area contributed by atoms with E-state index >= 15 is 0 Å². The number of unbranched alkanes of at least 4 members (excludes halogenated alkanes) is 1. The lowest BCUT2D eigenvalue weighted by Gasteiger charge is -2.25. The number of Topliss-reactive ketones (excluding diaryl/α,β-unsaturated/α-hetero) is 2. The SMILES string of the molecule is CC(C)(C)CCCCC(CCC(=O)c1ccc(C(=O)c2ccccc2)cc1)CCC(CCC(=O)c1ccc(C(=O)c2ccccc2)cc1)CCC(C)(C)C. The van der Waals surface area contributed by atoms with Crippen molar-refractivity contribution in [1.29, 1.82) is 0 Å². The number of carbonyl (C=O) groups is 4. The van der Waals surface area contributed by atoms with E-state index in [0.717, 1.165) is 51.4 Å². The van der Waals surface area contributed by atoms with Gasteiger partial charge >= 0.3 is 0 Å². The predicted octanol–water partition coefficient (Wildman–Crippen LogP) is 13.2. The van der Waals surface area contributed by atoms with Crippen molar-refractivity contribution in [3.05, 3.63) is 143 Å². The molecular weight excluding hydrogens is 665 g/mol. The van der Waals surface area contributed by atoms with E-state index in [4.69, 9.17) is 0 Å². The van der Waals surface area contributed by atoms with Crippen LogP contribution >= 0.6 is 0 Å². The Kier molecular flexibility index (Phi) is 15.9. The maximum Gasteiger partial charge on any atom is 0.193 e. The summed E-state index contributed by atoms with van der Waals surface area (Å²) in [6.45, 7) is 13.7. The average Bonchev–Trinajstić information content (AvgIpc) is 3.17. The third kappa shape index (κ3) is 14.4. The van der Waals surface area contributed by atoms with E-state index in [9.17, 15) is 19.2 Å². The van der Waals surface area contributed by atoms with E-state index in [2.05, 4.69) is 41.5 Å². The van der Waals surface area contributed by atoms with Crippen molar-refractivity contribution in [2.75, 3.05) is 0 Å². The lowest BCUT2D eigenvalue weighted by Crippen LogP contribution is -2.14. The second kappa shape index (κ2) is 20.3. The van der Waals surface area contributed by atoms with E-state index < -0.39 is 0 Å². The molecule has 0 heterocycles. The van der Waals surface area contributed by atoms with Gasteiger partial charge in [-0.05, 0) is 54.8 Å². The minimum Gasteiger partial charge on any atom is -0.294 e. The highest BCUT2D eigenvalue weighted by Gasteiger charge is 2.21. The molecule has 2 atom stereocenters. The molecule has 0 aromatic heterocycles. The first kappa shape index (κ1) is 42.3. The van der Waals surface area contributed by atoms with Gasteiger partial charge in [0.15, 0.2) is 23.1 Å². The first-order chi connectivity index (χ1) is 25.7. The number of hydrogen-bond acceptors (Lipinski definition) is 4. The summed E-state index contributed by atoms with van der Waals surface area (Å²) >= 11 is 0. The summed E-state index contributed by atoms with van der Waals surface area (Å²) in [6, 6.07) is 32.7. The highest BCUT2D eigenvalue weighted by Crippen LogP contribution is 2.33. The fourth-order valence-corrected chi connectivity index (χ4v) is 7.15. The lowest BCUT2D eigenvalue weighted by atomic mass is 9.80. The fourth-order valence-electron chi connectivity index (χ4n) is 7.15. The molecule has 4 aromatic carbocycles. The Morgan fingerprint density at radius 1 is 0.389 bits per heavy atom. The normalized spacial score (nSPS) is 12.9. The van der Waals surface area contributed by atoms with Crippen LogP contribution in [0.25, 0.3) is 0 Å². The van der Waals surface area contributed by atoms with Gasteiger partial charge in [-0.1, -0.05) is 183 Å². The van der Waals surface area contributed by atoms with Gasteiger partial charge in [0.1, 0.15) is 0 Å². The molecule has 0 bridgehead atoms. The van der Waals surface area contributed by atoms with Crippen LogP contribution in [-0.2, 0) is 0 Å². The smallest absolute Gasteiger partial charge is 0.193 e. The molecule has 4 heteroatoms. The van der Waals surface area contributed by atoms with Crippen LogP contribution in [0.4, 0.5) is 0 Å². The number of rotatable bonds is 21. The van der Waals surface area contributed by atoms with Crippen LogP contribution in [0.3, 0.4) is 0 Å². The van der Waals surface area contributed by atoms with Gasteiger partial charge in [-0.3, -0.25) is 19.2 Å². The highest BCUT2D eigenvalue weighted by atomic mass is 16.1. The van der Waals surface area contributed by atoms with Gasteiger partial charge in [0.2, 0.25) is 0 Å². The van der Waals surface area contributed by atoms with Gasteiger partial charge in [0.05, 0.1) is 0 Å². The predicted molar refractivity (Wildman–Crippen MR) is 223 cm³/mol. The first-order valence-corrected chi connectivity index (χ1v) is 20.1. The van der Waals surface area contributed by atoms with Gasteiger partial charge in [-0.15, -0.1) is 0 Å². The van der Waals surface area contributed by atoms with Crippen molar-refractivity contribution < 1.29 is 19.2 Å². The molecule has 0 saturated carbocycles. The third-order valence-corrected chi connectivity index (χ3v) is 10.6. The van der Waals surface area contributed by atoms with Gasteiger partial charge in [-0.25, -0.2) is 0 Å². The molecule has 54 heavy (non-hydrogen) atoms. The summed E-state index contributed by atoms with van der Waals surface area (Å²) in [4.78, 5) is 52.6. The number of ketones is 4. The van der Waals surface area contributed by atoms with E-state index in [1.807, 2.05) is 60.7 Å². The largest absolute Gasteiger partial charge is 0.294 e. The molecule has 0 fully saturated rings. The van der Waals surface area contributed by atoms with E-state index in [-0.39, 0.29) is 28.5 Å². The maximum absolute atomic E-state index is 13.4. The van der Waals surface area contributed by atoms with Crippen LogP contribution in [-0.4, -0.2) is 23.1 Å². The van der Waals surface area contributed by atoms with E-state index in [1.54, 1.807) is 48.5 Å². The summed E-state index contributed by atoms with van der Waals surface area (Å²) in [6.07, 6.45) is 11.5. The van der Waals surface area contributed by atoms with E-state index in [1.165, 1.54) is 12.8 Å². The number of benzene rings is 4. The Bertz CT molecular complexity index is 1770. The number of hydrogen-bond donors (Lipinski definition) is 0. The maximum atomic E-state index is 13.4. The van der Waals surface area contributed by atoms with Crippen molar-refractivity contribution in [2.45, 2.75) is 119 Å². The molecule has 0 saturated heterocycles. The Morgan fingerprint density at radius 3 is 1.13 bits per heavy atom. The molecule has 2 unspecified atom stereocenters. The Morgan fingerprint density at radius 2 is 0.741 bits per heavy atom. The van der Waals surface area contributed by atoms with Crippen molar-refractivity contribution in [1.82, 2.24) is 0 Å². The van der Waals surface area contributed by atoms with Gasteiger partial charge in [-0.2, -0.15) is 0 Å². The quantitative estimate of drug-likeness (QED) is 0.0633. The minimum absolute atomic E-state index is 0.0409. The zero-order valence-electron chi connectivity index (χ0n) is 33.7. The Labute approximate surface area is 325 Å². The summed E-state index contributed by atoms with van der Waals surface area (Å²) < 4.78 is 0. The molecular formula is C50H62O4. The van der Waals surface area contributed by atoms with E-state index in [0.29, 0.717) is 63.5 Å². The second-order valence-corrected chi connectivity index (χ2v) is 17.7. The van der Waals surface area contributed by atoms with Crippen LogP contribution in [0.5, 0.6) is 0 Å². The Balaban J connectivity index is 1.37. The molecule has 0 radical (unpaired) electrons. The summed E-state index contributed by atoms with van der Waals surface area (Å²) in [5.41, 5.74) is 4.29. The standard InChI is InChI=1S/C50H62O4/c1-49(2,3)35-14-13-15-37(22-32-45(51)39-24-28-43(29-25-39)47(53)41-16-9-7-10-17-41)20-21-38(34-36-50(4,5)6)23-33-46(52)40-26-30-44(31-27-40)48(54)42-18-11-8-12-19-42/h7-12,16-19,24-31,37-38H,13-15,20-23,32-36H2,1-6H3. The van der Waals surface area contributed by atoms with Crippen LogP contribution in [0, 0.1) is 22.7 Å². The summed E-state index contributed by atoms with van der Waals surface area (Å²) in [7, 11) is 0. The zero-order valence-corrected chi connectivity index (χ0v) is 33.7. The lowest BCUT2D eigenvalue weighted by molar-refractivity contribution is 0.0958. The molecule has 0 amide bonds. The minimum atomic E-state index is -0.0419. The van der Waals surface area contributed by atoms with Crippen LogP contribution in [0.2, 0.25) is 0 Å². The molecule has 0 aliphatic heterocycles.